The molecule has 0 radical (unpaired) electrons. The number of piperazine rings is 1. The zero-order valence-electron chi connectivity index (χ0n) is 23.4. The van der Waals surface area contributed by atoms with Gasteiger partial charge in [-0.2, -0.15) is 0 Å². The molecule has 4 rings (SSSR count). The van der Waals surface area contributed by atoms with Crippen molar-refractivity contribution in [3.05, 3.63) is 64.6 Å². The lowest BCUT2D eigenvalue weighted by molar-refractivity contribution is 0.128. The lowest BCUT2D eigenvalue weighted by Crippen LogP contribution is -2.48. The van der Waals surface area contributed by atoms with Crippen molar-refractivity contribution in [3.8, 4) is 0 Å². The van der Waals surface area contributed by atoms with Crippen LogP contribution in [0.1, 0.15) is 49.0 Å². The molecule has 0 spiro atoms. The summed E-state index contributed by atoms with van der Waals surface area (Å²) in [5, 5.41) is 0. The fraction of sp³-hybridized carbons (Fsp3) is 0.533. The molecule has 202 valence electrons. The van der Waals surface area contributed by atoms with Crippen molar-refractivity contribution < 1.29 is 0 Å². The van der Waals surface area contributed by atoms with Gasteiger partial charge in [0.1, 0.15) is 11.3 Å². The van der Waals surface area contributed by atoms with Gasteiger partial charge in [-0.15, -0.1) is 12.4 Å². The minimum absolute atomic E-state index is 0. The van der Waals surface area contributed by atoms with Crippen LogP contribution in [0.15, 0.2) is 36.4 Å². The van der Waals surface area contributed by atoms with E-state index in [2.05, 4.69) is 96.4 Å². The number of hydrogen-bond donors (Lipinski definition) is 0. The summed E-state index contributed by atoms with van der Waals surface area (Å²) < 4.78 is 2.28. The molecule has 1 aliphatic heterocycles. The third-order valence-electron chi connectivity index (χ3n) is 7.50. The van der Waals surface area contributed by atoms with E-state index in [1.165, 1.54) is 42.9 Å². The van der Waals surface area contributed by atoms with Crippen LogP contribution < -0.4 is 0 Å². The molecule has 1 aromatic carbocycles. The van der Waals surface area contributed by atoms with Gasteiger partial charge >= 0.3 is 0 Å². The lowest BCUT2D eigenvalue weighted by atomic mass is 10.1. The number of likely N-dealkylation sites (N-methyl/N-ethyl adjacent to an activating group) is 1. The van der Waals surface area contributed by atoms with Crippen molar-refractivity contribution >= 4 is 29.6 Å². The highest BCUT2D eigenvalue weighted by Gasteiger charge is 2.16. The second kappa shape index (κ2) is 14.1. The lowest BCUT2D eigenvalue weighted by Gasteiger charge is -2.35. The van der Waals surface area contributed by atoms with Crippen LogP contribution in [-0.2, 0) is 13.0 Å². The molecular weight excluding hydrogens is 480 g/mol. The molecule has 1 fully saturated rings. The minimum Gasteiger partial charge on any atom is -0.308 e. The SMILES string of the molecule is CCc1nc2c(C)cc(C)nc2n1Cc1ccc(/C=C/CN2CCN(CCN(CC)CC)CC2)cc1.Cl. The average Bonchev–Trinajstić information content (AvgIpc) is 3.24. The molecule has 1 aliphatic rings. The summed E-state index contributed by atoms with van der Waals surface area (Å²) in [6, 6.07) is 11.1. The van der Waals surface area contributed by atoms with Crippen LogP contribution >= 0.6 is 12.4 Å². The predicted octanol–water partition coefficient (Wildman–Crippen LogP) is 5.05. The first-order valence-electron chi connectivity index (χ1n) is 13.8. The van der Waals surface area contributed by atoms with E-state index >= 15 is 0 Å². The molecule has 3 aromatic rings. The molecule has 6 nitrogen and oxygen atoms in total. The number of aryl methyl sites for hydroxylation is 3. The van der Waals surface area contributed by atoms with Gasteiger partial charge in [0.25, 0.3) is 0 Å². The summed E-state index contributed by atoms with van der Waals surface area (Å²) >= 11 is 0. The Morgan fingerprint density at radius 2 is 1.59 bits per heavy atom. The molecule has 0 saturated carbocycles. The van der Waals surface area contributed by atoms with Crippen molar-refractivity contribution in [1.29, 1.82) is 0 Å². The maximum absolute atomic E-state index is 4.88. The van der Waals surface area contributed by atoms with E-state index in [4.69, 9.17) is 9.97 Å². The van der Waals surface area contributed by atoms with Gasteiger partial charge in [-0.3, -0.25) is 9.80 Å². The Bertz CT molecular complexity index is 1140. The van der Waals surface area contributed by atoms with Gasteiger partial charge in [-0.1, -0.05) is 57.2 Å². The van der Waals surface area contributed by atoms with Gasteiger partial charge in [0.2, 0.25) is 0 Å². The second-order valence-corrected chi connectivity index (χ2v) is 10.0. The Morgan fingerprint density at radius 1 is 0.919 bits per heavy atom. The van der Waals surface area contributed by atoms with Crippen molar-refractivity contribution in [2.75, 3.05) is 58.9 Å². The number of hydrogen-bond acceptors (Lipinski definition) is 5. The molecule has 0 amide bonds. The van der Waals surface area contributed by atoms with Gasteiger partial charge in [-0.25, -0.2) is 9.97 Å². The van der Waals surface area contributed by atoms with E-state index in [1.807, 2.05) is 0 Å². The van der Waals surface area contributed by atoms with E-state index < -0.39 is 0 Å². The van der Waals surface area contributed by atoms with E-state index in [0.29, 0.717) is 0 Å². The summed E-state index contributed by atoms with van der Waals surface area (Å²) in [6.07, 6.45) is 5.48. The molecule has 0 bridgehead atoms. The van der Waals surface area contributed by atoms with Crippen LogP contribution in [0.2, 0.25) is 0 Å². The van der Waals surface area contributed by atoms with Crippen molar-refractivity contribution in [3.63, 3.8) is 0 Å². The van der Waals surface area contributed by atoms with Gasteiger partial charge in [0.05, 0.1) is 6.54 Å². The molecule has 0 unspecified atom stereocenters. The standard InChI is InChI=1S/C30H44N6.ClH/c1-6-28-32-29-24(4)22-25(5)31-30(29)36(28)23-27-13-11-26(12-14-27)10-9-15-34-18-20-35(21-19-34)17-16-33(7-2)8-3;/h9-14,22H,6-8,15-21,23H2,1-5H3;1H/b10-9+;. The molecule has 7 heteroatoms. The predicted molar refractivity (Wildman–Crippen MR) is 159 cm³/mol. The van der Waals surface area contributed by atoms with Crippen molar-refractivity contribution in [2.45, 2.75) is 47.6 Å². The molecule has 0 N–H and O–H groups in total. The van der Waals surface area contributed by atoms with E-state index in [1.54, 1.807) is 0 Å². The first-order chi connectivity index (χ1) is 17.5. The highest BCUT2D eigenvalue weighted by Crippen LogP contribution is 2.21. The Balaban J connectivity index is 0.00000380. The molecule has 37 heavy (non-hydrogen) atoms. The van der Waals surface area contributed by atoms with Gasteiger partial charge in [0, 0.05) is 57.9 Å². The smallest absolute Gasteiger partial charge is 0.160 e. The number of fused-ring (bicyclic) bond motifs is 1. The Morgan fingerprint density at radius 3 is 2.24 bits per heavy atom. The highest BCUT2D eigenvalue weighted by molar-refractivity contribution is 5.85. The molecule has 3 heterocycles. The monoisotopic (exact) mass is 524 g/mol. The molecule has 1 saturated heterocycles. The Hall–Kier alpha value is -2.25. The number of pyridine rings is 1. The zero-order valence-corrected chi connectivity index (χ0v) is 24.2. The van der Waals surface area contributed by atoms with Crippen LogP contribution in [0, 0.1) is 13.8 Å². The minimum atomic E-state index is 0. The number of aromatic nitrogens is 3. The Kier molecular flexibility index (Phi) is 11.1. The van der Waals surface area contributed by atoms with Crippen molar-refractivity contribution in [1.82, 2.24) is 29.2 Å². The fourth-order valence-electron chi connectivity index (χ4n) is 5.16. The second-order valence-electron chi connectivity index (χ2n) is 10.0. The zero-order chi connectivity index (χ0) is 25.5. The number of rotatable bonds is 11. The fourth-order valence-corrected chi connectivity index (χ4v) is 5.16. The summed E-state index contributed by atoms with van der Waals surface area (Å²) in [4.78, 5) is 17.4. The Labute approximate surface area is 229 Å². The molecular formula is C30H45ClN6. The average molecular weight is 525 g/mol. The number of benzene rings is 1. The van der Waals surface area contributed by atoms with E-state index in [0.717, 1.165) is 68.4 Å². The molecule has 0 atom stereocenters. The first-order valence-corrected chi connectivity index (χ1v) is 13.8. The quantitative estimate of drug-likeness (QED) is 0.351. The van der Waals surface area contributed by atoms with Crippen LogP contribution in [-0.4, -0.2) is 88.1 Å². The van der Waals surface area contributed by atoms with Crippen LogP contribution in [0.3, 0.4) is 0 Å². The van der Waals surface area contributed by atoms with Crippen LogP contribution in [0.4, 0.5) is 0 Å². The summed E-state index contributed by atoms with van der Waals surface area (Å²) in [5.74, 6) is 1.10. The number of nitrogens with zero attached hydrogens (tertiary/aromatic N) is 6. The van der Waals surface area contributed by atoms with Crippen LogP contribution in [0.5, 0.6) is 0 Å². The largest absolute Gasteiger partial charge is 0.308 e. The first kappa shape index (κ1) is 29.3. The summed E-state index contributed by atoms with van der Waals surface area (Å²) in [5.41, 5.74) is 6.82. The maximum Gasteiger partial charge on any atom is 0.160 e. The molecule has 2 aromatic heterocycles. The number of halogens is 1. The van der Waals surface area contributed by atoms with E-state index in [-0.39, 0.29) is 12.4 Å². The summed E-state index contributed by atoms with van der Waals surface area (Å²) in [7, 11) is 0. The topological polar surface area (TPSA) is 40.4 Å². The normalized spacial score (nSPS) is 15.2. The van der Waals surface area contributed by atoms with Gasteiger partial charge in [0.15, 0.2) is 5.65 Å². The highest BCUT2D eigenvalue weighted by atomic mass is 35.5. The van der Waals surface area contributed by atoms with Gasteiger partial charge in [-0.05, 0) is 49.7 Å². The van der Waals surface area contributed by atoms with E-state index in [9.17, 15) is 0 Å². The number of imidazole rings is 1. The van der Waals surface area contributed by atoms with Gasteiger partial charge < -0.3 is 9.47 Å². The third kappa shape index (κ3) is 7.64. The molecule has 0 aliphatic carbocycles. The summed E-state index contributed by atoms with van der Waals surface area (Å²) in [6.45, 7) is 22.1. The maximum atomic E-state index is 4.88. The third-order valence-corrected chi connectivity index (χ3v) is 7.50. The van der Waals surface area contributed by atoms with Crippen molar-refractivity contribution in [2.24, 2.45) is 0 Å². The van der Waals surface area contributed by atoms with Crippen LogP contribution in [0.25, 0.3) is 17.2 Å².